The molecule has 0 aliphatic carbocycles. The summed E-state index contributed by atoms with van der Waals surface area (Å²) in [6, 6.07) is 7.74. The van der Waals surface area contributed by atoms with E-state index >= 15 is 0 Å². The van der Waals surface area contributed by atoms with E-state index in [1.807, 2.05) is 24.3 Å². The van der Waals surface area contributed by atoms with E-state index in [1.54, 1.807) is 11.9 Å². The van der Waals surface area contributed by atoms with E-state index in [0.717, 1.165) is 18.5 Å². The lowest BCUT2D eigenvalue weighted by Gasteiger charge is -2.32. The number of carbonyl (C=O) groups is 2. The molecule has 19 heavy (non-hydrogen) atoms. The number of carbonyl (C=O) groups excluding carboxylic acids is 1. The van der Waals surface area contributed by atoms with Gasteiger partial charge in [0.15, 0.2) is 0 Å². The van der Waals surface area contributed by atoms with Crippen LogP contribution in [0.3, 0.4) is 0 Å². The van der Waals surface area contributed by atoms with Gasteiger partial charge in [0.25, 0.3) is 0 Å². The normalized spacial score (nSPS) is 13.8. The molecule has 0 aromatic heterocycles. The van der Waals surface area contributed by atoms with Gasteiger partial charge in [-0.25, -0.2) is 4.79 Å². The largest absolute Gasteiger partial charge is 0.481 e. The van der Waals surface area contributed by atoms with E-state index in [1.165, 1.54) is 10.5 Å². The smallest absolute Gasteiger partial charge is 0.324 e. The first-order valence-electron chi connectivity index (χ1n) is 6.42. The van der Waals surface area contributed by atoms with Crippen LogP contribution in [0.15, 0.2) is 24.3 Å². The molecule has 0 fully saturated rings. The highest BCUT2D eigenvalue weighted by Crippen LogP contribution is 2.27. The quantitative estimate of drug-likeness (QED) is 0.905. The second-order valence-corrected chi connectivity index (χ2v) is 4.73. The van der Waals surface area contributed by atoms with Gasteiger partial charge in [0, 0.05) is 25.8 Å². The number of hydrogen-bond acceptors (Lipinski definition) is 2. The van der Waals surface area contributed by atoms with Crippen molar-refractivity contribution in [1.29, 1.82) is 0 Å². The summed E-state index contributed by atoms with van der Waals surface area (Å²) in [6.07, 6.45) is 1.89. The van der Waals surface area contributed by atoms with E-state index in [2.05, 4.69) is 0 Å². The Morgan fingerprint density at radius 2 is 2.11 bits per heavy atom. The molecule has 0 bridgehead atoms. The molecule has 1 heterocycles. The molecule has 102 valence electrons. The molecule has 2 amide bonds. The molecule has 1 aromatic carbocycles. The zero-order valence-corrected chi connectivity index (χ0v) is 11.0. The zero-order valence-electron chi connectivity index (χ0n) is 11.0. The van der Waals surface area contributed by atoms with Crippen molar-refractivity contribution in [2.45, 2.75) is 19.3 Å². The number of aliphatic carboxylic acids is 1. The van der Waals surface area contributed by atoms with E-state index < -0.39 is 5.97 Å². The summed E-state index contributed by atoms with van der Waals surface area (Å²) < 4.78 is 0. The maximum Gasteiger partial charge on any atom is 0.324 e. The van der Waals surface area contributed by atoms with Crippen molar-refractivity contribution < 1.29 is 14.7 Å². The molecule has 1 N–H and O–H groups in total. The van der Waals surface area contributed by atoms with Crippen LogP contribution in [-0.4, -0.2) is 42.1 Å². The lowest BCUT2D eigenvalue weighted by atomic mass is 10.0. The minimum atomic E-state index is -0.890. The third-order valence-corrected chi connectivity index (χ3v) is 3.33. The summed E-state index contributed by atoms with van der Waals surface area (Å²) in [4.78, 5) is 26.1. The minimum Gasteiger partial charge on any atom is -0.481 e. The van der Waals surface area contributed by atoms with Gasteiger partial charge < -0.3 is 10.0 Å². The average Bonchev–Trinajstić information content (AvgIpc) is 2.43. The summed E-state index contributed by atoms with van der Waals surface area (Å²) in [5.74, 6) is -0.890. The number of aryl methyl sites for hydroxylation is 1. The molecular weight excluding hydrogens is 244 g/mol. The number of anilines is 1. The SMILES string of the molecule is CN(CCC(=O)O)C(=O)N1CCCc2ccccc21. The Hall–Kier alpha value is -2.04. The summed E-state index contributed by atoms with van der Waals surface area (Å²) >= 11 is 0. The molecule has 2 rings (SSSR count). The molecule has 5 nitrogen and oxygen atoms in total. The first-order valence-corrected chi connectivity index (χ1v) is 6.42. The number of fused-ring (bicyclic) bond motifs is 1. The lowest BCUT2D eigenvalue weighted by molar-refractivity contribution is -0.137. The molecule has 0 saturated heterocycles. The third-order valence-electron chi connectivity index (χ3n) is 3.33. The van der Waals surface area contributed by atoms with E-state index in [-0.39, 0.29) is 19.0 Å². The van der Waals surface area contributed by atoms with Crippen LogP contribution < -0.4 is 4.90 Å². The van der Waals surface area contributed by atoms with Crippen LogP contribution >= 0.6 is 0 Å². The Morgan fingerprint density at radius 3 is 2.84 bits per heavy atom. The highest BCUT2D eigenvalue weighted by atomic mass is 16.4. The van der Waals surface area contributed by atoms with Crippen LogP contribution in [0.2, 0.25) is 0 Å². The van der Waals surface area contributed by atoms with Crippen LogP contribution in [0.1, 0.15) is 18.4 Å². The molecule has 1 aromatic rings. The predicted octanol–water partition coefficient (Wildman–Crippen LogP) is 1.97. The fraction of sp³-hybridized carbons (Fsp3) is 0.429. The van der Waals surface area contributed by atoms with Gasteiger partial charge in [0.05, 0.1) is 6.42 Å². The van der Waals surface area contributed by atoms with Gasteiger partial charge in [-0.15, -0.1) is 0 Å². The van der Waals surface area contributed by atoms with Crippen LogP contribution in [0.5, 0.6) is 0 Å². The van der Waals surface area contributed by atoms with Gasteiger partial charge >= 0.3 is 12.0 Å². The third kappa shape index (κ3) is 3.05. The highest BCUT2D eigenvalue weighted by molar-refractivity contribution is 5.93. The topological polar surface area (TPSA) is 60.9 Å². The Morgan fingerprint density at radius 1 is 1.37 bits per heavy atom. The van der Waals surface area contributed by atoms with Crippen LogP contribution in [0, 0.1) is 0 Å². The number of para-hydroxylation sites is 1. The van der Waals surface area contributed by atoms with Crippen molar-refractivity contribution >= 4 is 17.7 Å². The molecule has 0 atom stereocenters. The summed E-state index contributed by atoms with van der Waals surface area (Å²) in [5, 5.41) is 8.66. The number of urea groups is 1. The van der Waals surface area contributed by atoms with Crippen molar-refractivity contribution in [1.82, 2.24) is 4.90 Å². The number of carboxylic acids is 1. The number of carboxylic acid groups (broad SMARTS) is 1. The Labute approximate surface area is 112 Å². The molecule has 5 heteroatoms. The zero-order chi connectivity index (χ0) is 13.8. The first kappa shape index (κ1) is 13.4. The fourth-order valence-electron chi connectivity index (χ4n) is 2.30. The predicted molar refractivity (Wildman–Crippen MR) is 72.4 cm³/mol. The maximum absolute atomic E-state index is 12.3. The summed E-state index contributed by atoms with van der Waals surface area (Å²) in [7, 11) is 1.64. The number of nitrogens with zero attached hydrogens (tertiary/aromatic N) is 2. The summed E-state index contributed by atoms with van der Waals surface area (Å²) in [6.45, 7) is 0.917. The highest BCUT2D eigenvalue weighted by Gasteiger charge is 2.24. The summed E-state index contributed by atoms with van der Waals surface area (Å²) in [5.41, 5.74) is 2.12. The number of amides is 2. The van der Waals surface area contributed by atoms with Gasteiger partial charge in [-0.3, -0.25) is 9.69 Å². The lowest BCUT2D eigenvalue weighted by Crippen LogP contribution is -2.44. The van der Waals surface area contributed by atoms with Crippen LogP contribution in [0.4, 0.5) is 10.5 Å². The average molecular weight is 262 g/mol. The molecule has 0 spiro atoms. The monoisotopic (exact) mass is 262 g/mol. The van der Waals surface area contributed by atoms with Gasteiger partial charge in [-0.2, -0.15) is 0 Å². The van der Waals surface area contributed by atoms with Gasteiger partial charge in [0.2, 0.25) is 0 Å². The van der Waals surface area contributed by atoms with Crippen molar-refractivity contribution in [3.63, 3.8) is 0 Å². The van der Waals surface area contributed by atoms with E-state index in [9.17, 15) is 9.59 Å². The molecular formula is C14H18N2O3. The van der Waals surface area contributed by atoms with Gasteiger partial charge in [0.1, 0.15) is 0 Å². The van der Waals surface area contributed by atoms with Gasteiger partial charge in [-0.05, 0) is 24.5 Å². The van der Waals surface area contributed by atoms with Crippen LogP contribution in [0.25, 0.3) is 0 Å². The fourth-order valence-corrected chi connectivity index (χ4v) is 2.30. The standard InChI is InChI=1S/C14H18N2O3/c1-15(10-8-13(17)18)14(19)16-9-4-6-11-5-2-3-7-12(11)16/h2-3,5,7H,4,6,8-10H2,1H3,(H,17,18). The number of rotatable bonds is 3. The van der Waals surface area contributed by atoms with Gasteiger partial charge in [-0.1, -0.05) is 18.2 Å². The molecule has 1 aliphatic rings. The second kappa shape index (κ2) is 5.73. The van der Waals surface area contributed by atoms with Crippen LogP contribution in [-0.2, 0) is 11.2 Å². The Bertz CT molecular complexity index is 487. The molecule has 1 aliphatic heterocycles. The van der Waals surface area contributed by atoms with E-state index in [0.29, 0.717) is 6.54 Å². The maximum atomic E-state index is 12.3. The minimum absolute atomic E-state index is 0.0300. The van der Waals surface area contributed by atoms with Crippen molar-refractivity contribution in [2.75, 3.05) is 25.0 Å². The van der Waals surface area contributed by atoms with Crippen molar-refractivity contribution in [2.24, 2.45) is 0 Å². The Balaban J connectivity index is 2.10. The molecule has 0 saturated carbocycles. The second-order valence-electron chi connectivity index (χ2n) is 4.73. The van der Waals surface area contributed by atoms with E-state index in [4.69, 9.17) is 5.11 Å². The van der Waals surface area contributed by atoms with Crippen molar-refractivity contribution in [3.8, 4) is 0 Å². The van der Waals surface area contributed by atoms with Crippen molar-refractivity contribution in [3.05, 3.63) is 29.8 Å². The number of hydrogen-bond donors (Lipinski definition) is 1. The molecule has 0 unspecified atom stereocenters. The first-order chi connectivity index (χ1) is 9.09. The number of benzene rings is 1. The Kier molecular flexibility index (Phi) is 4.04. The molecule has 0 radical (unpaired) electrons.